The molecule has 1 aromatic heterocycles. The lowest BCUT2D eigenvalue weighted by Crippen LogP contribution is -2.24. The predicted molar refractivity (Wildman–Crippen MR) is 56.3 cm³/mol. The average Bonchev–Trinajstić information content (AvgIpc) is 2.61. The zero-order valence-electron chi connectivity index (χ0n) is 7.73. The number of aromatic amines is 1. The van der Waals surface area contributed by atoms with Crippen LogP contribution in [0.15, 0.2) is 29.4 Å². The maximum absolute atomic E-state index is 8.68. The van der Waals surface area contributed by atoms with Crippen LogP contribution in [0.5, 0.6) is 0 Å². The van der Waals surface area contributed by atoms with Gasteiger partial charge in [-0.2, -0.15) is 0 Å². The van der Waals surface area contributed by atoms with Crippen LogP contribution in [0.1, 0.15) is 5.82 Å². The number of para-hydroxylation sites is 2. The molecule has 0 fully saturated rings. The predicted octanol–water partition coefficient (Wildman–Crippen LogP) is 0.677. The van der Waals surface area contributed by atoms with Crippen molar-refractivity contribution in [2.75, 3.05) is 0 Å². The van der Waals surface area contributed by atoms with E-state index in [0.717, 1.165) is 11.0 Å². The summed E-state index contributed by atoms with van der Waals surface area (Å²) in [5, 5.41) is 18.8. The number of nitrogens with two attached hydrogens (primary N) is 1. The lowest BCUT2D eigenvalue weighted by atomic mass is 10.3. The summed E-state index contributed by atoms with van der Waals surface area (Å²) in [7, 11) is 0. The SMILES string of the molecule is N=C(N)/C(=N\O)c1nc2ccccc2[nH]1. The molecule has 0 bridgehead atoms. The molecule has 0 saturated carbocycles. The highest BCUT2D eigenvalue weighted by Gasteiger charge is 2.12. The van der Waals surface area contributed by atoms with Gasteiger partial charge in [0.2, 0.25) is 0 Å². The summed E-state index contributed by atoms with van der Waals surface area (Å²) in [6.07, 6.45) is 0. The van der Waals surface area contributed by atoms with E-state index in [1.54, 1.807) is 0 Å². The average molecular weight is 203 g/mol. The third-order valence-corrected chi connectivity index (χ3v) is 1.97. The van der Waals surface area contributed by atoms with Gasteiger partial charge < -0.3 is 15.9 Å². The molecule has 1 aromatic carbocycles. The Kier molecular flexibility index (Phi) is 2.09. The van der Waals surface area contributed by atoms with Crippen molar-refractivity contribution in [1.29, 1.82) is 5.41 Å². The molecular formula is C9H9N5O. The van der Waals surface area contributed by atoms with E-state index in [9.17, 15) is 0 Å². The molecular weight excluding hydrogens is 194 g/mol. The number of rotatable bonds is 2. The molecule has 0 atom stereocenters. The molecule has 0 aliphatic carbocycles. The first kappa shape index (κ1) is 9.20. The van der Waals surface area contributed by atoms with E-state index in [-0.39, 0.29) is 17.4 Å². The molecule has 0 radical (unpaired) electrons. The van der Waals surface area contributed by atoms with Gasteiger partial charge in [0.25, 0.3) is 0 Å². The van der Waals surface area contributed by atoms with Gasteiger partial charge in [0, 0.05) is 0 Å². The summed E-state index contributed by atoms with van der Waals surface area (Å²) in [6.45, 7) is 0. The summed E-state index contributed by atoms with van der Waals surface area (Å²) in [5.74, 6) is -0.0530. The zero-order chi connectivity index (χ0) is 10.8. The quantitative estimate of drug-likeness (QED) is 0.249. The summed E-state index contributed by atoms with van der Waals surface area (Å²) < 4.78 is 0. The van der Waals surface area contributed by atoms with E-state index < -0.39 is 0 Å². The highest BCUT2D eigenvalue weighted by atomic mass is 16.4. The van der Waals surface area contributed by atoms with Crippen molar-refractivity contribution in [3.05, 3.63) is 30.1 Å². The Morgan fingerprint density at radius 3 is 2.80 bits per heavy atom. The minimum Gasteiger partial charge on any atom is -0.410 e. The van der Waals surface area contributed by atoms with Crippen LogP contribution >= 0.6 is 0 Å². The molecule has 0 aliphatic rings. The Hall–Kier alpha value is -2.37. The highest BCUT2D eigenvalue weighted by Crippen LogP contribution is 2.10. The maximum Gasteiger partial charge on any atom is 0.186 e. The Balaban J connectivity index is 2.58. The monoisotopic (exact) mass is 203 g/mol. The van der Waals surface area contributed by atoms with Crippen LogP contribution < -0.4 is 5.73 Å². The Bertz CT molecular complexity index is 509. The summed E-state index contributed by atoms with van der Waals surface area (Å²) >= 11 is 0. The second-order valence-corrected chi connectivity index (χ2v) is 2.96. The van der Waals surface area contributed by atoms with Crippen LogP contribution in [0.4, 0.5) is 0 Å². The number of oxime groups is 1. The topological polar surface area (TPSA) is 111 Å². The van der Waals surface area contributed by atoms with E-state index in [2.05, 4.69) is 15.1 Å². The molecule has 5 N–H and O–H groups in total. The number of H-pyrrole nitrogens is 1. The van der Waals surface area contributed by atoms with Crippen molar-refractivity contribution in [2.24, 2.45) is 10.9 Å². The number of amidine groups is 1. The Morgan fingerprint density at radius 1 is 1.47 bits per heavy atom. The number of nitrogens with zero attached hydrogens (tertiary/aromatic N) is 2. The van der Waals surface area contributed by atoms with E-state index in [0.29, 0.717) is 0 Å². The van der Waals surface area contributed by atoms with Gasteiger partial charge in [-0.3, -0.25) is 5.41 Å². The zero-order valence-corrected chi connectivity index (χ0v) is 7.73. The van der Waals surface area contributed by atoms with Gasteiger partial charge in [0.15, 0.2) is 11.5 Å². The van der Waals surface area contributed by atoms with Gasteiger partial charge >= 0.3 is 0 Å². The fourth-order valence-corrected chi connectivity index (χ4v) is 1.29. The van der Waals surface area contributed by atoms with Gasteiger partial charge in [-0.1, -0.05) is 17.3 Å². The van der Waals surface area contributed by atoms with Crippen molar-refractivity contribution < 1.29 is 5.21 Å². The molecule has 0 unspecified atom stereocenters. The number of aromatic nitrogens is 2. The molecule has 1 heterocycles. The number of fused-ring (bicyclic) bond motifs is 1. The molecule has 0 aliphatic heterocycles. The van der Waals surface area contributed by atoms with E-state index >= 15 is 0 Å². The third-order valence-electron chi connectivity index (χ3n) is 1.97. The largest absolute Gasteiger partial charge is 0.410 e. The smallest absolute Gasteiger partial charge is 0.186 e. The normalized spacial score (nSPS) is 11.9. The summed E-state index contributed by atoms with van der Waals surface area (Å²) in [4.78, 5) is 7.04. The third kappa shape index (κ3) is 1.52. The van der Waals surface area contributed by atoms with Gasteiger partial charge in [0.05, 0.1) is 11.0 Å². The number of hydrogen-bond acceptors (Lipinski definition) is 4. The second-order valence-electron chi connectivity index (χ2n) is 2.96. The van der Waals surface area contributed by atoms with E-state index in [4.69, 9.17) is 16.4 Å². The number of hydrogen-bond donors (Lipinski definition) is 4. The van der Waals surface area contributed by atoms with Crippen molar-refractivity contribution in [3.8, 4) is 0 Å². The molecule has 2 rings (SSSR count). The number of benzene rings is 1. The minimum atomic E-state index is -0.337. The number of nitrogens with one attached hydrogen (secondary N) is 2. The van der Waals surface area contributed by atoms with Crippen molar-refractivity contribution in [1.82, 2.24) is 9.97 Å². The van der Waals surface area contributed by atoms with Gasteiger partial charge in [0.1, 0.15) is 5.84 Å². The van der Waals surface area contributed by atoms with Crippen LogP contribution in [0.3, 0.4) is 0 Å². The van der Waals surface area contributed by atoms with Crippen molar-refractivity contribution in [2.45, 2.75) is 0 Å². The molecule has 0 amide bonds. The first-order valence-corrected chi connectivity index (χ1v) is 4.24. The lowest BCUT2D eigenvalue weighted by Gasteiger charge is -1.95. The van der Waals surface area contributed by atoms with Crippen molar-refractivity contribution >= 4 is 22.6 Å². The van der Waals surface area contributed by atoms with Crippen LogP contribution in [-0.2, 0) is 0 Å². The molecule has 2 aromatic rings. The fraction of sp³-hybridized carbons (Fsp3) is 0. The standard InChI is InChI=1S/C9H9N5O/c10-8(11)7(14-15)9-12-5-3-1-2-4-6(5)13-9/h1-4,15H,(H3,10,11)(H,12,13)/b14-7+. The van der Waals surface area contributed by atoms with Crippen molar-refractivity contribution in [3.63, 3.8) is 0 Å². The van der Waals surface area contributed by atoms with Gasteiger partial charge in [-0.25, -0.2) is 4.98 Å². The highest BCUT2D eigenvalue weighted by molar-refractivity contribution is 6.45. The summed E-state index contributed by atoms with van der Waals surface area (Å²) in [5.41, 5.74) is 6.70. The van der Waals surface area contributed by atoms with Gasteiger partial charge in [-0.05, 0) is 12.1 Å². The molecule has 6 heteroatoms. The second kappa shape index (κ2) is 3.41. The summed E-state index contributed by atoms with van der Waals surface area (Å²) in [6, 6.07) is 7.34. The molecule has 15 heavy (non-hydrogen) atoms. The molecule has 76 valence electrons. The maximum atomic E-state index is 8.68. The van der Waals surface area contributed by atoms with E-state index in [1.807, 2.05) is 24.3 Å². The minimum absolute atomic E-state index is 0.0637. The van der Waals surface area contributed by atoms with Crippen LogP contribution in [0, 0.1) is 5.41 Å². The number of imidazole rings is 1. The molecule has 0 saturated heterocycles. The Morgan fingerprint density at radius 2 is 2.20 bits per heavy atom. The molecule has 0 spiro atoms. The van der Waals surface area contributed by atoms with Gasteiger partial charge in [-0.15, -0.1) is 0 Å². The Labute approximate surface area is 84.9 Å². The molecule has 6 nitrogen and oxygen atoms in total. The van der Waals surface area contributed by atoms with Crippen LogP contribution in [0.2, 0.25) is 0 Å². The first-order chi connectivity index (χ1) is 7.22. The lowest BCUT2D eigenvalue weighted by molar-refractivity contribution is 0.320. The van der Waals surface area contributed by atoms with Crippen LogP contribution in [-0.4, -0.2) is 26.7 Å². The first-order valence-electron chi connectivity index (χ1n) is 4.24. The van der Waals surface area contributed by atoms with Crippen LogP contribution in [0.25, 0.3) is 11.0 Å². The van der Waals surface area contributed by atoms with E-state index in [1.165, 1.54) is 0 Å². The fourth-order valence-electron chi connectivity index (χ4n) is 1.29.